The summed E-state index contributed by atoms with van der Waals surface area (Å²) in [4.78, 5) is 57.2. The number of carbonyl (C=O) groups excluding carboxylic acids is 3. The third-order valence-corrected chi connectivity index (χ3v) is 16.9. The van der Waals surface area contributed by atoms with Crippen molar-refractivity contribution in [2.45, 2.75) is 140 Å². The molecular weight excluding hydrogens is 801 g/mol. The van der Waals surface area contributed by atoms with Gasteiger partial charge in [0.2, 0.25) is 31.9 Å². The molecule has 0 aromatic heterocycles. The smallest absolute Gasteiger partial charge is 0.312 e. The number of carbonyl (C=O) groups is 5. The van der Waals surface area contributed by atoms with Gasteiger partial charge in [-0.15, -0.1) is 0 Å². The molecule has 0 spiro atoms. The lowest BCUT2D eigenvalue weighted by atomic mass is 9.75. The molecule has 0 radical (unpaired) electrons. The van der Waals surface area contributed by atoms with Gasteiger partial charge in [0.05, 0.1) is 29.8 Å². The summed E-state index contributed by atoms with van der Waals surface area (Å²) in [6, 6.07) is 0. The van der Waals surface area contributed by atoms with Crippen LogP contribution < -0.4 is 9.44 Å². The van der Waals surface area contributed by atoms with Crippen LogP contribution in [0.2, 0.25) is 0 Å². The topological polar surface area (TPSA) is 227 Å². The van der Waals surface area contributed by atoms with Crippen LogP contribution in [-0.2, 0) is 48.8 Å². The Morgan fingerprint density at radius 1 is 0.627 bits per heavy atom. The number of carboxylic acids is 2. The van der Waals surface area contributed by atoms with Crippen molar-refractivity contribution in [3.8, 4) is 0 Å². The molecule has 6 saturated carbocycles. The molecule has 0 aromatic carbocycles. The van der Waals surface area contributed by atoms with Crippen LogP contribution in [0.4, 0.5) is 0 Å². The second kappa shape index (κ2) is 18.7. The molecule has 6 rings (SSSR count). The van der Waals surface area contributed by atoms with Crippen LogP contribution in [0.1, 0.15) is 134 Å². The number of nitrogens with one attached hydrogen (secondary N) is 2. The van der Waals surface area contributed by atoms with Crippen LogP contribution in [-0.4, -0.2) is 74.9 Å². The first kappa shape index (κ1) is 50.6. The quantitative estimate of drug-likeness (QED) is 0.176. The minimum absolute atomic E-state index is 0.0267. The van der Waals surface area contributed by atoms with E-state index in [-0.39, 0.29) is 41.5 Å². The van der Waals surface area contributed by atoms with Gasteiger partial charge in [0.25, 0.3) is 0 Å². The summed E-state index contributed by atoms with van der Waals surface area (Å²) in [7, 11) is -6.82. The first-order valence-corrected chi connectivity index (χ1v) is 25.3. The third kappa shape index (κ3) is 12.2. The minimum atomic E-state index is -3.42. The van der Waals surface area contributed by atoms with Gasteiger partial charge < -0.3 is 14.9 Å². The zero-order valence-electron chi connectivity index (χ0n) is 37.7. The van der Waals surface area contributed by atoms with Crippen molar-refractivity contribution >= 4 is 49.8 Å². The van der Waals surface area contributed by atoms with Crippen molar-refractivity contribution in [3.05, 3.63) is 0 Å². The highest BCUT2D eigenvalue weighted by Gasteiger charge is 2.57. The first-order chi connectivity index (χ1) is 26.8. The molecule has 6 bridgehead atoms. The van der Waals surface area contributed by atoms with Gasteiger partial charge >= 0.3 is 17.9 Å². The number of hydrogen-bond donors (Lipinski definition) is 4. The molecule has 14 unspecified atom stereocenters. The Labute approximate surface area is 353 Å². The summed E-state index contributed by atoms with van der Waals surface area (Å²) in [5.41, 5.74) is -1.54. The van der Waals surface area contributed by atoms with Gasteiger partial charge in [-0.2, -0.15) is 0 Å². The number of carboxylic acid groups (broad SMARTS) is 2. The van der Waals surface area contributed by atoms with E-state index in [1.54, 1.807) is 13.8 Å². The Bertz CT molecular complexity index is 1790. The normalized spacial score (nSPS) is 36.5. The minimum Gasteiger partial charge on any atom is -0.481 e. The van der Waals surface area contributed by atoms with Crippen molar-refractivity contribution in [2.24, 2.45) is 87.8 Å². The summed E-state index contributed by atoms with van der Waals surface area (Å²) in [6.45, 7) is 21.9. The Kier molecular flexibility index (Phi) is 16.0. The number of sulfonamides is 2. The molecule has 6 fully saturated rings. The fourth-order valence-electron chi connectivity index (χ4n) is 10.7. The van der Waals surface area contributed by atoms with Gasteiger partial charge in [-0.1, -0.05) is 55.4 Å². The molecule has 6 aliphatic rings. The van der Waals surface area contributed by atoms with E-state index in [1.165, 1.54) is 6.42 Å². The summed E-state index contributed by atoms with van der Waals surface area (Å²) in [5.74, 6) is 2.60. The molecule has 4 N–H and O–H groups in total. The van der Waals surface area contributed by atoms with E-state index in [4.69, 9.17) is 14.9 Å². The van der Waals surface area contributed by atoms with Gasteiger partial charge in [-0.3, -0.25) is 33.4 Å². The Morgan fingerprint density at radius 2 is 1.07 bits per heavy atom. The lowest BCUT2D eigenvalue weighted by molar-refractivity contribution is -0.176. The Morgan fingerprint density at radius 3 is 1.42 bits per heavy atom. The molecule has 14 nitrogen and oxygen atoms in total. The van der Waals surface area contributed by atoms with Gasteiger partial charge in [0.15, 0.2) is 0 Å². The maximum absolute atomic E-state index is 12.2. The van der Waals surface area contributed by atoms with Crippen LogP contribution in [0.5, 0.6) is 0 Å². The predicted octanol–water partition coefficient (Wildman–Crippen LogP) is 6.34. The van der Waals surface area contributed by atoms with E-state index < -0.39 is 54.3 Å². The zero-order valence-corrected chi connectivity index (χ0v) is 39.3. The van der Waals surface area contributed by atoms with Crippen LogP contribution in [0.25, 0.3) is 0 Å². The summed E-state index contributed by atoms with van der Waals surface area (Å²) in [6.07, 6.45) is 9.62. The number of esters is 1. The number of fused-ring (bicyclic) bond motifs is 6. The molecular formula is C43H74N2O12S2. The Hall–Kier alpha value is -2.75. The molecule has 16 heteroatoms. The maximum Gasteiger partial charge on any atom is 0.312 e. The Balaban J connectivity index is 0.000000214. The molecule has 0 aromatic rings. The molecule has 59 heavy (non-hydrogen) atoms. The molecule has 0 heterocycles. The van der Waals surface area contributed by atoms with Gasteiger partial charge in [-0.25, -0.2) is 16.8 Å². The maximum atomic E-state index is 12.2. The monoisotopic (exact) mass is 874 g/mol. The van der Waals surface area contributed by atoms with Gasteiger partial charge in [-0.05, 0) is 138 Å². The summed E-state index contributed by atoms with van der Waals surface area (Å²) >= 11 is 0. The number of ether oxygens (including phenoxy) is 1. The largest absolute Gasteiger partial charge is 0.481 e. The van der Waals surface area contributed by atoms with Crippen molar-refractivity contribution in [1.82, 2.24) is 9.44 Å². The molecule has 0 aliphatic heterocycles. The lowest BCUT2D eigenvalue weighted by Crippen LogP contribution is -2.43. The van der Waals surface area contributed by atoms with Crippen LogP contribution in [0.15, 0.2) is 0 Å². The fourth-order valence-corrected chi connectivity index (χ4v) is 11.8. The summed E-state index contributed by atoms with van der Waals surface area (Å²) < 4.78 is 53.2. The first-order valence-electron chi connectivity index (χ1n) is 21.5. The van der Waals surface area contributed by atoms with Gasteiger partial charge in [0, 0.05) is 11.3 Å². The van der Waals surface area contributed by atoms with Crippen LogP contribution in [0.3, 0.4) is 0 Å². The van der Waals surface area contributed by atoms with E-state index >= 15 is 0 Å². The van der Waals surface area contributed by atoms with Crippen LogP contribution >= 0.6 is 0 Å². The van der Waals surface area contributed by atoms with E-state index in [2.05, 4.69) is 32.4 Å². The van der Waals surface area contributed by atoms with E-state index in [0.717, 1.165) is 50.5 Å². The van der Waals surface area contributed by atoms with E-state index in [9.17, 15) is 40.8 Å². The van der Waals surface area contributed by atoms with Crippen molar-refractivity contribution in [3.63, 3.8) is 0 Å². The fraction of sp³-hybridized carbons (Fsp3) is 0.884. The SMILES string of the molecule is CC1C2CC(C(=O)NS(C)(=O)=O)C(C2)C1C.CC1C2CC(C(=O)O)C(C2)C1C.CCC(C)(C)C(=O)NS(C)(=O)=O.CCC(C)(C)C(=O)OC1(C)CC2CC1CC2C(=O)O. The molecule has 6 aliphatic carbocycles. The highest BCUT2D eigenvalue weighted by molar-refractivity contribution is 7.89. The molecule has 340 valence electrons. The van der Waals surface area contributed by atoms with Crippen molar-refractivity contribution in [2.75, 3.05) is 12.5 Å². The molecule has 2 amide bonds. The second-order valence-electron chi connectivity index (χ2n) is 20.5. The highest BCUT2D eigenvalue weighted by Crippen LogP contribution is 2.57. The van der Waals surface area contributed by atoms with Gasteiger partial charge in [0.1, 0.15) is 5.60 Å². The average Bonchev–Trinajstić information content (AvgIpc) is 3.96. The van der Waals surface area contributed by atoms with E-state index in [0.29, 0.717) is 60.7 Å². The van der Waals surface area contributed by atoms with Crippen molar-refractivity contribution in [1.29, 1.82) is 0 Å². The second-order valence-corrected chi connectivity index (χ2v) is 24.0. The average molecular weight is 875 g/mol. The number of amides is 2. The third-order valence-electron chi connectivity index (χ3n) is 15.8. The van der Waals surface area contributed by atoms with Crippen LogP contribution in [0, 0.1) is 87.8 Å². The number of hydrogen-bond acceptors (Lipinski definition) is 10. The standard InChI is InChI=1S/C15H24O4.C11H19NO3S.C10H16O2.C7H15NO3S/c1-5-14(2,3)13(18)19-15(4)8-9-6-10(15)7-11(9)12(16)17;1-6-7(2)9-4-8(6)5-10(9)11(13)12-16(3,14)15;1-5-6(2)8-3-7(5)4-9(8)10(11)12;1-5-7(2,3)6(9)8-12(4,10)11/h9-11H,5-8H2,1-4H3,(H,16,17);6-10H,4-5H2,1-3H3,(H,12,13);5-9H,3-4H2,1-2H3,(H,11,12);5H2,1-4H3,(H,8,9). The molecule has 14 atom stereocenters. The lowest BCUT2D eigenvalue weighted by Gasteiger charge is -2.37. The molecule has 0 saturated heterocycles. The summed E-state index contributed by atoms with van der Waals surface area (Å²) in [5, 5.41) is 18.1. The highest BCUT2D eigenvalue weighted by atomic mass is 32.2. The predicted molar refractivity (Wildman–Crippen MR) is 224 cm³/mol. The van der Waals surface area contributed by atoms with E-state index in [1.807, 2.05) is 39.3 Å². The number of rotatable bonds is 10. The van der Waals surface area contributed by atoms with Crippen molar-refractivity contribution < 1.29 is 55.8 Å². The zero-order chi connectivity index (χ0) is 45.4. The number of aliphatic carboxylic acids is 2.